The van der Waals surface area contributed by atoms with Crippen LogP contribution >= 0.6 is 0 Å². The number of halogens is 1. The van der Waals surface area contributed by atoms with Crippen LogP contribution in [0.15, 0.2) is 17.8 Å². The highest BCUT2D eigenvalue weighted by Gasteiger charge is 2.51. The lowest BCUT2D eigenvalue weighted by atomic mass is 10.1. The number of hydrogen-bond donors (Lipinski definition) is 2. The van der Waals surface area contributed by atoms with E-state index in [2.05, 4.69) is 9.97 Å². The second kappa shape index (κ2) is 7.08. The molecule has 2 rings (SSSR count). The Bertz CT molecular complexity index is 756. The molecule has 0 atom stereocenters. The maximum absolute atomic E-state index is 14.1. The summed E-state index contributed by atoms with van der Waals surface area (Å²) < 4.78 is 14.1. The zero-order valence-electron chi connectivity index (χ0n) is 14.5. The summed E-state index contributed by atoms with van der Waals surface area (Å²) in [6.45, 7) is 3.34. The van der Waals surface area contributed by atoms with Crippen LogP contribution in [0.3, 0.4) is 0 Å². The lowest BCUT2D eigenvalue weighted by Crippen LogP contribution is -2.33. The summed E-state index contributed by atoms with van der Waals surface area (Å²) in [5, 5.41) is 17.3. The fourth-order valence-electron chi connectivity index (χ4n) is 2.57. The molecular formula is C17H21FN4O3. The van der Waals surface area contributed by atoms with Gasteiger partial charge in [0.25, 0.3) is 0 Å². The van der Waals surface area contributed by atoms with E-state index in [0.717, 1.165) is 6.20 Å². The second-order valence-electron chi connectivity index (χ2n) is 6.30. The quantitative estimate of drug-likeness (QED) is 0.551. The minimum absolute atomic E-state index is 0.0179. The summed E-state index contributed by atoms with van der Waals surface area (Å²) in [5.41, 5.74) is -0.499. The largest absolute Gasteiger partial charge is 0.481 e. The van der Waals surface area contributed by atoms with Gasteiger partial charge in [0.1, 0.15) is 0 Å². The molecule has 8 heteroatoms. The third-order valence-corrected chi connectivity index (χ3v) is 4.33. The Morgan fingerprint density at radius 2 is 2.12 bits per heavy atom. The predicted octanol–water partition coefficient (Wildman–Crippen LogP) is 2.21. The maximum atomic E-state index is 14.1. The smallest absolute Gasteiger partial charge is 0.311 e. The first-order valence-electron chi connectivity index (χ1n) is 7.97. The Morgan fingerprint density at radius 3 is 2.60 bits per heavy atom. The van der Waals surface area contributed by atoms with Crippen LogP contribution in [0.4, 0.5) is 10.2 Å². The topological polar surface area (TPSA) is 107 Å². The van der Waals surface area contributed by atoms with Crippen molar-refractivity contribution in [2.75, 3.05) is 18.5 Å². The third-order valence-electron chi connectivity index (χ3n) is 4.33. The number of carboxylic acids is 1. The number of nitrogens with one attached hydrogen (secondary N) is 1. The maximum Gasteiger partial charge on any atom is 0.311 e. The molecule has 1 saturated carbocycles. The van der Waals surface area contributed by atoms with Crippen LogP contribution in [0.1, 0.15) is 38.9 Å². The highest BCUT2D eigenvalue weighted by Crippen LogP contribution is 2.46. The minimum Gasteiger partial charge on any atom is -0.481 e. The number of carboxylic acid groups (broad SMARTS) is 1. The number of aromatic nitrogens is 2. The molecule has 1 aliphatic rings. The van der Waals surface area contributed by atoms with Crippen LogP contribution in [-0.4, -0.2) is 46.1 Å². The number of carbonyl (C=O) groups excluding carboxylic acids is 1. The summed E-state index contributed by atoms with van der Waals surface area (Å²) in [6.07, 6.45) is 3.88. The number of rotatable bonds is 8. The summed E-state index contributed by atoms with van der Waals surface area (Å²) in [4.78, 5) is 32.1. The Balaban J connectivity index is 2.27. The van der Waals surface area contributed by atoms with Gasteiger partial charge < -0.3 is 10.0 Å². The van der Waals surface area contributed by atoms with Gasteiger partial charge in [-0.2, -0.15) is 0 Å². The van der Waals surface area contributed by atoms with Crippen molar-refractivity contribution >= 4 is 23.3 Å². The molecule has 1 aromatic heterocycles. The average molecular weight is 348 g/mol. The molecule has 0 amide bonds. The standard InChI is InChI=1S/C17H21FN4O3/c1-4-11(10(2)23)7-13(19)14-20-8-12(18)15(21-14)22(3)9-17(5-6-17)16(24)25/h7-8,19H,4-6,9H2,1-3H3,(H,24,25)/b11-7+,19-13?. The van der Waals surface area contributed by atoms with Crippen molar-refractivity contribution in [3.05, 3.63) is 29.5 Å². The first-order valence-corrected chi connectivity index (χ1v) is 7.97. The van der Waals surface area contributed by atoms with E-state index in [1.165, 1.54) is 17.9 Å². The van der Waals surface area contributed by atoms with E-state index in [-0.39, 0.29) is 29.7 Å². The van der Waals surface area contributed by atoms with Crippen LogP contribution in [0.5, 0.6) is 0 Å². The van der Waals surface area contributed by atoms with Crippen molar-refractivity contribution in [1.82, 2.24) is 9.97 Å². The van der Waals surface area contributed by atoms with Gasteiger partial charge in [-0.15, -0.1) is 0 Å². The normalized spacial score (nSPS) is 15.6. The molecule has 0 aliphatic heterocycles. The van der Waals surface area contributed by atoms with Gasteiger partial charge in [0.05, 0.1) is 17.3 Å². The third kappa shape index (κ3) is 4.07. The minimum atomic E-state index is -0.904. The molecule has 25 heavy (non-hydrogen) atoms. The number of nitrogens with zero attached hydrogens (tertiary/aromatic N) is 3. The van der Waals surface area contributed by atoms with Crippen molar-refractivity contribution in [3.63, 3.8) is 0 Å². The van der Waals surface area contributed by atoms with Gasteiger partial charge >= 0.3 is 5.97 Å². The second-order valence-corrected chi connectivity index (χ2v) is 6.30. The zero-order valence-corrected chi connectivity index (χ0v) is 14.5. The van der Waals surface area contributed by atoms with E-state index in [1.54, 1.807) is 14.0 Å². The van der Waals surface area contributed by atoms with Crippen LogP contribution in [-0.2, 0) is 9.59 Å². The lowest BCUT2D eigenvalue weighted by Gasteiger charge is -2.22. The molecule has 0 aromatic carbocycles. The molecule has 1 aliphatic carbocycles. The zero-order chi connectivity index (χ0) is 18.8. The van der Waals surface area contributed by atoms with Crippen LogP contribution in [0.25, 0.3) is 0 Å². The molecule has 1 aromatic rings. The highest BCUT2D eigenvalue weighted by molar-refractivity contribution is 6.09. The molecule has 0 spiro atoms. The molecule has 7 nitrogen and oxygen atoms in total. The Hall–Kier alpha value is -2.64. The van der Waals surface area contributed by atoms with Crippen molar-refractivity contribution in [1.29, 1.82) is 5.41 Å². The van der Waals surface area contributed by atoms with Gasteiger partial charge in [-0.1, -0.05) is 6.92 Å². The first kappa shape index (κ1) is 18.7. The summed E-state index contributed by atoms with van der Waals surface area (Å²) in [5.74, 6) is -1.82. The van der Waals surface area contributed by atoms with Gasteiger partial charge in [0.15, 0.2) is 23.2 Å². The van der Waals surface area contributed by atoms with E-state index in [1.807, 2.05) is 0 Å². The van der Waals surface area contributed by atoms with Gasteiger partial charge in [-0.3, -0.25) is 15.0 Å². The molecule has 0 bridgehead atoms. The van der Waals surface area contributed by atoms with Crippen LogP contribution < -0.4 is 4.90 Å². The fourth-order valence-corrected chi connectivity index (χ4v) is 2.57. The number of carbonyl (C=O) groups is 2. The van der Waals surface area contributed by atoms with Gasteiger partial charge in [0, 0.05) is 13.6 Å². The molecular weight excluding hydrogens is 327 g/mol. The first-order chi connectivity index (χ1) is 11.7. The Morgan fingerprint density at radius 1 is 1.48 bits per heavy atom. The van der Waals surface area contributed by atoms with Crippen molar-refractivity contribution < 1.29 is 19.1 Å². The van der Waals surface area contributed by atoms with E-state index >= 15 is 0 Å². The monoisotopic (exact) mass is 348 g/mol. The lowest BCUT2D eigenvalue weighted by molar-refractivity contribution is -0.142. The predicted molar refractivity (Wildman–Crippen MR) is 90.4 cm³/mol. The number of ketones is 1. The van der Waals surface area contributed by atoms with Crippen molar-refractivity contribution in [3.8, 4) is 0 Å². The van der Waals surface area contributed by atoms with E-state index < -0.39 is 17.2 Å². The highest BCUT2D eigenvalue weighted by atomic mass is 19.1. The molecule has 1 fully saturated rings. The fraction of sp³-hybridized carbons (Fsp3) is 0.471. The van der Waals surface area contributed by atoms with Crippen LogP contribution in [0.2, 0.25) is 0 Å². The van der Waals surface area contributed by atoms with Gasteiger partial charge in [0.2, 0.25) is 0 Å². The van der Waals surface area contributed by atoms with Crippen molar-refractivity contribution in [2.24, 2.45) is 5.41 Å². The number of anilines is 1. The SMILES string of the molecule is CC/C(=C\C(=N)c1ncc(F)c(N(C)CC2(C(=O)O)CC2)n1)C(C)=O. The molecule has 0 radical (unpaired) electrons. The molecule has 0 saturated heterocycles. The summed E-state index contributed by atoms with van der Waals surface area (Å²) >= 11 is 0. The number of hydrogen-bond acceptors (Lipinski definition) is 6. The number of allylic oxidation sites excluding steroid dienone is 2. The van der Waals surface area contributed by atoms with E-state index in [4.69, 9.17) is 5.41 Å². The molecule has 2 N–H and O–H groups in total. The molecule has 1 heterocycles. The Labute approximate surface area is 145 Å². The summed E-state index contributed by atoms with van der Waals surface area (Å²) in [6, 6.07) is 0. The number of aliphatic carboxylic acids is 1. The van der Waals surface area contributed by atoms with E-state index in [0.29, 0.717) is 24.8 Å². The summed E-state index contributed by atoms with van der Waals surface area (Å²) in [7, 11) is 1.56. The Kier molecular flexibility index (Phi) is 5.30. The van der Waals surface area contributed by atoms with Gasteiger partial charge in [-0.25, -0.2) is 14.4 Å². The van der Waals surface area contributed by atoms with Crippen molar-refractivity contribution in [2.45, 2.75) is 33.1 Å². The molecule has 0 unspecified atom stereocenters. The van der Waals surface area contributed by atoms with Crippen LogP contribution in [0, 0.1) is 16.6 Å². The number of Topliss-reactive ketones (excluding diaryl/α,β-unsaturated/α-hetero) is 1. The average Bonchev–Trinajstić information content (AvgIpc) is 3.33. The molecule has 134 valence electrons. The van der Waals surface area contributed by atoms with E-state index in [9.17, 15) is 19.1 Å². The van der Waals surface area contributed by atoms with Gasteiger partial charge in [-0.05, 0) is 37.8 Å².